The van der Waals surface area contributed by atoms with Crippen molar-refractivity contribution in [3.8, 4) is 0 Å². The molecule has 0 bridgehead atoms. The lowest BCUT2D eigenvalue weighted by Gasteiger charge is -2.28. The van der Waals surface area contributed by atoms with E-state index in [1.54, 1.807) is 0 Å². The molecular weight excluding hydrogens is 248 g/mol. The molecule has 1 aliphatic carbocycles. The zero-order chi connectivity index (χ0) is 13.7. The first-order valence-electron chi connectivity index (χ1n) is 6.66. The van der Waals surface area contributed by atoms with Gasteiger partial charge < -0.3 is 10.1 Å². The largest absolute Gasteiger partial charge is 0.464 e. The second kappa shape index (κ2) is 5.93. The topological polar surface area (TPSA) is 104 Å². The molecule has 104 valence electrons. The Balaban J connectivity index is 1.99. The van der Waals surface area contributed by atoms with Gasteiger partial charge in [-0.1, -0.05) is 18.0 Å². The zero-order valence-corrected chi connectivity index (χ0v) is 10.8. The van der Waals surface area contributed by atoms with Gasteiger partial charge in [0.1, 0.15) is 6.04 Å². The van der Waals surface area contributed by atoms with Crippen LogP contribution in [0.2, 0.25) is 0 Å². The highest BCUT2D eigenvalue weighted by Gasteiger charge is 2.42. The van der Waals surface area contributed by atoms with Gasteiger partial charge in [0.25, 0.3) is 0 Å². The van der Waals surface area contributed by atoms with Gasteiger partial charge in [0, 0.05) is 23.3 Å². The molecule has 1 aliphatic heterocycles. The molecule has 1 atom stereocenters. The van der Waals surface area contributed by atoms with Gasteiger partial charge in [-0.3, -0.25) is 4.79 Å². The van der Waals surface area contributed by atoms with Crippen molar-refractivity contribution >= 4 is 11.9 Å². The van der Waals surface area contributed by atoms with E-state index >= 15 is 0 Å². The van der Waals surface area contributed by atoms with Crippen LogP contribution >= 0.6 is 0 Å². The summed E-state index contributed by atoms with van der Waals surface area (Å²) in [4.78, 5) is 26.5. The minimum Gasteiger partial charge on any atom is -0.464 e. The van der Waals surface area contributed by atoms with E-state index in [0.717, 1.165) is 25.7 Å². The molecular formula is C12H18N4O3. The fourth-order valence-corrected chi connectivity index (χ4v) is 2.89. The molecule has 19 heavy (non-hydrogen) atoms. The number of hydrogen-bond acceptors (Lipinski definition) is 4. The van der Waals surface area contributed by atoms with Gasteiger partial charge in [-0.15, -0.1) is 0 Å². The molecule has 1 amide bonds. The first-order valence-corrected chi connectivity index (χ1v) is 6.66. The predicted octanol–water partition coefficient (Wildman–Crippen LogP) is 1.68. The number of cyclic esters (lactones) is 1. The third-order valence-electron chi connectivity index (χ3n) is 4.04. The van der Waals surface area contributed by atoms with E-state index in [2.05, 4.69) is 15.3 Å². The zero-order valence-electron chi connectivity index (χ0n) is 10.8. The highest BCUT2D eigenvalue weighted by molar-refractivity contribution is 5.88. The number of rotatable bonds is 5. The Bertz CT molecular complexity index is 411. The molecule has 0 unspecified atom stereocenters. The minimum atomic E-state index is -0.510. The van der Waals surface area contributed by atoms with Crippen molar-refractivity contribution in [2.45, 2.75) is 44.6 Å². The maximum absolute atomic E-state index is 12.4. The van der Waals surface area contributed by atoms with Crippen LogP contribution in [0.5, 0.6) is 0 Å². The lowest BCUT2D eigenvalue weighted by atomic mass is 9.81. The van der Waals surface area contributed by atoms with Crippen LogP contribution < -0.4 is 5.32 Å². The van der Waals surface area contributed by atoms with E-state index in [1.165, 1.54) is 0 Å². The van der Waals surface area contributed by atoms with Gasteiger partial charge in [0.2, 0.25) is 5.91 Å². The fourth-order valence-electron chi connectivity index (χ4n) is 2.89. The molecule has 7 heteroatoms. The van der Waals surface area contributed by atoms with Gasteiger partial charge in [-0.25, -0.2) is 4.79 Å². The van der Waals surface area contributed by atoms with Crippen molar-refractivity contribution in [3.05, 3.63) is 10.4 Å². The lowest BCUT2D eigenvalue weighted by Crippen LogP contribution is -2.46. The van der Waals surface area contributed by atoms with E-state index < -0.39 is 11.5 Å². The standard InChI is InChI=1S/C12H18N4O3/c13-16-14-7-6-12(4-1-2-5-12)11(18)15-9-3-8-19-10(9)17/h9H,1-8H2,(H,15,18)/t9-/m0/s1. The number of esters is 1. The maximum Gasteiger partial charge on any atom is 0.328 e. The summed E-state index contributed by atoms with van der Waals surface area (Å²) >= 11 is 0. The minimum absolute atomic E-state index is 0.0954. The molecule has 1 heterocycles. The number of carbonyl (C=O) groups is 2. The van der Waals surface area contributed by atoms with Crippen LogP contribution in [0.1, 0.15) is 38.5 Å². The van der Waals surface area contributed by atoms with Gasteiger partial charge in [-0.2, -0.15) is 0 Å². The molecule has 2 rings (SSSR count). The second-order valence-electron chi connectivity index (χ2n) is 5.17. The highest BCUT2D eigenvalue weighted by atomic mass is 16.5. The summed E-state index contributed by atoms with van der Waals surface area (Å²) in [6.45, 7) is 0.689. The average Bonchev–Trinajstić information content (AvgIpc) is 3.01. The molecule has 1 N–H and O–H groups in total. The Kier molecular flexibility index (Phi) is 4.27. The molecule has 2 aliphatic rings. The van der Waals surface area contributed by atoms with Crippen molar-refractivity contribution in [1.29, 1.82) is 0 Å². The van der Waals surface area contributed by atoms with Gasteiger partial charge in [0.15, 0.2) is 0 Å². The SMILES string of the molecule is [N-]=[N+]=NCCC1(C(=O)N[C@H]2CCOC2=O)CCCC1. The third kappa shape index (κ3) is 2.98. The molecule has 7 nitrogen and oxygen atoms in total. The average molecular weight is 266 g/mol. The monoisotopic (exact) mass is 266 g/mol. The summed E-state index contributed by atoms with van der Waals surface area (Å²) in [7, 11) is 0. The summed E-state index contributed by atoms with van der Waals surface area (Å²) in [6, 6.07) is -0.510. The molecule has 1 saturated heterocycles. The Hall–Kier alpha value is -1.75. The quantitative estimate of drug-likeness (QED) is 0.354. The van der Waals surface area contributed by atoms with Crippen LogP contribution in [0.15, 0.2) is 5.11 Å². The maximum atomic E-state index is 12.4. The predicted molar refractivity (Wildman–Crippen MR) is 67.0 cm³/mol. The summed E-state index contributed by atoms with van der Waals surface area (Å²) < 4.78 is 4.84. The number of carbonyl (C=O) groups excluding carboxylic acids is 2. The van der Waals surface area contributed by atoms with E-state index in [0.29, 0.717) is 26.0 Å². The molecule has 0 aromatic rings. The second-order valence-corrected chi connectivity index (χ2v) is 5.17. The van der Waals surface area contributed by atoms with E-state index in [9.17, 15) is 9.59 Å². The number of nitrogens with one attached hydrogen (secondary N) is 1. The number of amides is 1. The van der Waals surface area contributed by atoms with Gasteiger partial charge >= 0.3 is 5.97 Å². The number of nitrogens with zero attached hydrogens (tertiary/aromatic N) is 3. The van der Waals surface area contributed by atoms with E-state index in [4.69, 9.17) is 10.3 Å². The van der Waals surface area contributed by atoms with Crippen LogP contribution in [0.4, 0.5) is 0 Å². The van der Waals surface area contributed by atoms with Crippen LogP contribution in [-0.2, 0) is 14.3 Å². The Morgan fingerprint density at radius 3 is 2.84 bits per heavy atom. The van der Waals surface area contributed by atoms with Crippen molar-refractivity contribution in [2.24, 2.45) is 10.5 Å². The third-order valence-corrected chi connectivity index (χ3v) is 4.04. The van der Waals surface area contributed by atoms with Gasteiger partial charge in [0.05, 0.1) is 6.61 Å². The highest BCUT2D eigenvalue weighted by Crippen LogP contribution is 2.41. The summed E-state index contributed by atoms with van der Waals surface area (Å²) in [5, 5.41) is 6.31. The molecule has 0 spiro atoms. The lowest BCUT2D eigenvalue weighted by molar-refractivity contribution is -0.143. The summed E-state index contributed by atoms with van der Waals surface area (Å²) in [5.41, 5.74) is 7.85. The van der Waals surface area contributed by atoms with Crippen molar-refractivity contribution in [2.75, 3.05) is 13.2 Å². The Morgan fingerprint density at radius 1 is 1.53 bits per heavy atom. The normalized spacial score (nSPS) is 24.6. The van der Waals surface area contributed by atoms with Crippen molar-refractivity contribution < 1.29 is 14.3 Å². The van der Waals surface area contributed by atoms with E-state index in [1.807, 2.05) is 0 Å². The summed E-state index contributed by atoms with van der Waals surface area (Å²) in [5.74, 6) is -0.446. The van der Waals surface area contributed by atoms with Crippen LogP contribution in [0, 0.1) is 5.41 Å². The smallest absolute Gasteiger partial charge is 0.328 e. The fraction of sp³-hybridized carbons (Fsp3) is 0.833. The number of hydrogen-bond donors (Lipinski definition) is 1. The first kappa shape index (κ1) is 13.7. The summed E-state index contributed by atoms with van der Waals surface area (Å²) in [6.07, 6.45) is 4.67. The molecule has 1 saturated carbocycles. The Labute approximate surface area is 111 Å². The molecule has 0 radical (unpaired) electrons. The first-order chi connectivity index (χ1) is 9.18. The van der Waals surface area contributed by atoms with Crippen molar-refractivity contribution in [1.82, 2.24) is 5.32 Å². The molecule has 0 aromatic carbocycles. The van der Waals surface area contributed by atoms with E-state index in [-0.39, 0.29) is 11.9 Å². The van der Waals surface area contributed by atoms with Crippen LogP contribution in [-0.4, -0.2) is 31.1 Å². The Morgan fingerprint density at radius 2 is 2.26 bits per heavy atom. The number of ether oxygens (including phenoxy) is 1. The number of azide groups is 1. The van der Waals surface area contributed by atoms with Crippen LogP contribution in [0.25, 0.3) is 10.4 Å². The van der Waals surface area contributed by atoms with Gasteiger partial charge in [-0.05, 0) is 24.8 Å². The van der Waals surface area contributed by atoms with Crippen molar-refractivity contribution in [3.63, 3.8) is 0 Å². The molecule has 0 aromatic heterocycles. The molecule has 2 fully saturated rings. The van der Waals surface area contributed by atoms with Crippen LogP contribution in [0.3, 0.4) is 0 Å².